The first-order valence-corrected chi connectivity index (χ1v) is 8.66. The van der Waals surface area contributed by atoms with E-state index in [-0.39, 0.29) is 5.91 Å². The molecule has 3 rings (SSSR count). The maximum atomic E-state index is 12.8. The average Bonchev–Trinajstić information content (AvgIpc) is 2.69. The van der Waals surface area contributed by atoms with Crippen molar-refractivity contribution in [1.29, 1.82) is 0 Å². The highest BCUT2D eigenvalue weighted by Crippen LogP contribution is 2.24. The van der Waals surface area contributed by atoms with Crippen LogP contribution in [0.3, 0.4) is 0 Å². The first-order valence-electron chi connectivity index (χ1n) is 8.26. The highest BCUT2D eigenvalue weighted by atomic mass is 32.1. The third-order valence-corrected chi connectivity index (χ3v) is 4.06. The fraction of sp³-hybridized carbons (Fsp3) is 0.0476. The van der Waals surface area contributed by atoms with Gasteiger partial charge < -0.3 is 5.32 Å². The van der Waals surface area contributed by atoms with E-state index >= 15 is 0 Å². The van der Waals surface area contributed by atoms with E-state index in [1.165, 1.54) is 0 Å². The Morgan fingerprint density at radius 2 is 1.15 bits per heavy atom. The van der Waals surface area contributed by atoms with Gasteiger partial charge in [-0.3, -0.25) is 15.6 Å². The van der Waals surface area contributed by atoms with Crippen LogP contribution in [-0.4, -0.2) is 11.0 Å². The molecule has 0 unspecified atom stereocenters. The van der Waals surface area contributed by atoms with Crippen LogP contribution in [0.4, 0.5) is 5.69 Å². The van der Waals surface area contributed by atoms with Gasteiger partial charge in [0.05, 0.1) is 5.92 Å². The molecule has 0 aliphatic carbocycles. The van der Waals surface area contributed by atoms with Gasteiger partial charge in [0.25, 0.3) is 0 Å². The minimum Gasteiger partial charge on any atom is -0.331 e. The molecule has 0 aliphatic rings. The van der Waals surface area contributed by atoms with Gasteiger partial charge in [-0.1, -0.05) is 78.9 Å². The topological polar surface area (TPSA) is 53.2 Å². The van der Waals surface area contributed by atoms with Crippen molar-refractivity contribution in [3.05, 3.63) is 102 Å². The Labute approximate surface area is 158 Å². The lowest BCUT2D eigenvalue weighted by Gasteiger charge is -2.19. The number of carbonyl (C=O) groups is 1. The third kappa shape index (κ3) is 4.68. The summed E-state index contributed by atoms with van der Waals surface area (Å²) in [5, 5.41) is 3.34. The second kappa shape index (κ2) is 8.78. The van der Waals surface area contributed by atoms with Gasteiger partial charge in [0.2, 0.25) is 5.91 Å². The molecule has 1 amide bonds. The summed E-state index contributed by atoms with van der Waals surface area (Å²) in [5.41, 5.74) is 8.16. The smallest absolute Gasteiger partial charge is 0.250 e. The minimum atomic E-state index is -0.426. The first kappa shape index (κ1) is 17.6. The van der Waals surface area contributed by atoms with Gasteiger partial charge in [0.1, 0.15) is 0 Å². The summed E-state index contributed by atoms with van der Waals surface area (Å²) in [6.07, 6.45) is 0. The number of para-hydroxylation sites is 1. The summed E-state index contributed by atoms with van der Waals surface area (Å²) in [7, 11) is 0. The summed E-state index contributed by atoms with van der Waals surface area (Å²) in [6.45, 7) is 0. The lowest BCUT2D eigenvalue weighted by Crippen LogP contribution is -2.45. The van der Waals surface area contributed by atoms with Gasteiger partial charge in [-0.2, -0.15) is 0 Å². The third-order valence-electron chi connectivity index (χ3n) is 3.86. The SMILES string of the molecule is O=C(NNC(=S)Nc1ccccc1)C(c1ccccc1)c1ccccc1. The van der Waals surface area contributed by atoms with Gasteiger partial charge >= 0.3 is 0 Å². The van der Waals surface area contributed by atoms with Crippen molar-refractivity contribution in [1.82, 2.24) is 10.9 Å². The summed E-state index contributed by atoms with van der Waals surface area (Å²) in [5.74, 6) is -0.607. The molecule has 0 radical (unpaired) electrons. The predicted molar refractivity (Wildman–Crippen MR) is 109 cm³/mol. The van der Waals surface area contributed by atoms with Crippen LogP contribution < -0.4 is 16.2 Å². The van der Waals surface area contributed by atoms with Crippen LogP contribution in [0.2, 0.25) is 0 Å². The number of hydrazine groups is 1. The molecule has 5 heteroatoms. The predicted octanol–water partition coefficient (Wildman–Crippen LogP) is 3.84. The van der Waals surface area contributed by atoms with Crippen molar-refractivity contribution in [3.8, 4) is 0 Å². The normalized spacial score (nSPS) is 10.2. The van der Waals surface area contributed by atoms with Crippen LogP contribution in [-0.2, 0) is 4.79 Å². The Hall–Kier alpha value is -3.18. The Balaban J connectivity index is 1.69. The molecule has 0 heterocycles. The number of benzene rings is 3. The van der Waals surface area contributed by atoms with Crippen LogP contribution in [0.15, 0.2) is 91.0 Å². The number of thiocarbonyl (C=S) groups is 1. The molecule has 0 saturated heterocycles. The zero-order valence-electron chi connectivity index (χ0n) is 14.1. The average molecular weight is 361 g/mol. The van der Waals surface area contributed by atoms with E-state index in [2.05, 4.69) is 16.2 Å². The van der Waals surface area contributed by atoms with Crippen molar-refractivity contribution in [3.63, 3.8) is 0 Å². The molecule has 0 atom stereocenters. The fourth-order valence-electron chi connectivity index (χ4n) is 2.66. The van der Waals surface area contributed by atoms with Crippen LogP contribution >= 0.6 is 12.2 Å². The quantitative estimate of drug-likeness (QED) is 0.488. The maximum Gasteiger partial charge on any atom is 0.250 e. The van der Waals surface area contributed by atoms with Crippen LogP contribution in [0.25, 0.3) is 0 Å². The van der Waals surface area contributed by atoms with Gasteiger partial charge in [-0.15, -0.1) is 0 Å². The molecule has 3 aromatic carbocycles. The maximum absolute atomic E-state index is 12.8. The molecule has 0 fully saturated rings. The molecule has 4 nitrogen and oxygen atoms in total. The Bertz CT molecular complexity index is 815. The van der Waals surface area contributed by atoms with Crippen LogP contribution in [0, 0.1) is 0 Å². The van der Waals surface area contributed by atoms with Crippen molar-refractivity contribution >= 4 is 28.9 Å². The Morgan fingerprint density at radius 3 is 1.65 bits per heavy atom. The molecule has 0 saturated carbocycles. The van der Waals surface area contributed by atoms with E-state index in [9.17, 15) is 4.79 Å². The molecule has 3 aromatic rings. The molecule has 130 valence electrons. The zero-order chi connectivity index (χ0) is 18.2. The van der Waals surface area contributed by atoms with Crippen molar-refractivity contribution in [2.45, 2.75) is 5.92 Å². The fourth-order valence-corrected chi connectivity index (χ4v) is 2.83. The minimum absolute atomic E-state index is 0.181. The summed E-state index contributed by atoms with van der Waals surface area (Å²) in [6, 6.07) is 28.9. The van der Waals surface area contributed by atoms with Gasteiger partial charge in [-0.25, -0.2) is 0 Å². The van der Waals surface area contributed by atoms with Crippen LogP contribution in [0.5, 0.6) is 0 Å². The summed E-state index contributed by atoms with van der Waals surface area (Å²) >= 11 is 5.24. The molecular weight excluding hydrogens is 342 g/mol. The van der Waals surface area contributed by atoms with Crippen molar-refractivity contribution < 1.29 is 4.79 Å². The molecule has 3 N–H and O–H groups in total. The molecular formula is C21H19N3OS. The molecule has 0 bridgehead atoms. The number of rotatable bonds is 4. The van der Waals surface area contributed by atoms with Gasteiger partial charge in [0, 0.05) is 5.69 Å². The lowest BCUT2D eigenvalue weighted by atomic mass is 9.91. The number of amides is 1. The molecule has 0 aromatic heterocycles. The Kier molecular flexibility index (Phi) is 5.96. The number of carbonyl (C=O) groups excluding carboxylic acids is 1. The summed E-state index contributed by atoms with van der Waals surface area (Å²) < 4.78 is 0. The summed E-state index contributed by atoms with van der Waals surface area (Å²) in [4.78, 5) is 12.8. The lowest BCUT2D eigenvalue weighted by molar-refractivity contribution is -0.122. The first-order chi connectivity index (χ1) is 12.7. The Morgan fingerprint density at radius 1 is 0.692 bits per heavy atom. The van der Waals surface area contributed by atoms with E-state index in [1.54, 1.807) is 0 Å². The second-order valence-electron chi connectivity index (χ2n) is 5.69. The second-order valence-corrected chi connectivity index (χ2v) is 6.10. The van der Waals surface area contributed by atoms with Crippen molar-refractivity contribution in [2.24, 2.45) is 0 Å². The number of hydrogen-bond acceptors (Lipinski definition) is 2. The highest BCUT2D eigenvalue weighted by Gasteiger charge is 2.22. The molecule has 0 aliphatic heterocycles. The van der Waals surface area contributed by atoms with E-state index < -0.39 is 5.92 Å². The molecule has 0 spiro atoms. The van der Waals surface area contributed by atoms with Gasteiger partial charge in [0.15, 0.2) is 5.11 Å². The van der Waals surface area contributed by atoms with E-state index in [0.29, 0.717) is 5.11 Å². The number of nitrogens with one attached hydrogen (secondary N) is 3. The number of hydrogen-bond donors (Lipinski definition) is 3. The standard InChI is InChI=1S/C21H19N3OS/c25-20(23-24-21(26)22-18-14-8-3-9-15-18)19(16-10-4-1-5-11-16)17-12-6-2-7-13-17/h1-15,19H,(H,23,25)(H2,22,24,26). The van der Waals surface area contributed by atoms with Crippen LogP contribution in [0.1, 0.15) is 17.0 Å². The monoisotopic (exact) mass is 361 g/mol. The largest absolute Gasteiger partial charge is 0.331 e. The molecule has 26 heavy (non-hydrogen) atoms. The number of anilines is 1. The van der Waals surface area contributed by atoms with E-state index in [0.717, 1.165) is 16.8 Å². The van der Waals surface area contributed by atoms with Gasteiger partial charge in [-0.05, 0) is 35.5 Å². The van der Waals surface area contributed by atoms with E-state index in [1.807, 2.05) is 91.0 Å². The van der Waals surface area contributed by atoms with Crippen molar-refractivity contribution in [2.75, 3.05) is 5.32 Å². The zero-order valence-corrected chi connectivity index (χ0v) is 14.9. The highest BCUT2D eigenvalue weighted by molar-refractivity contribution is 7.80. The van der Waals surface area contributed by atoms with E-state index in [4.69, 9.17) is 12.2 Å².